The SMILES string of the molecule is CC(=O)N1CCN(c2cc(Nc3ccc(C)cc3Br)ncn2)CC1. The molecule has 3 rings (SSSR count). The molecular formula is C17H20BrN5O. The molecule has 7 heteroatoms. The third-order valence-electron chi connectivity index (χ3n) is 4.09. The van der Waals surface area contributed by atoms with E-state index in [1.54, 1.807) is 13.3 Å². The second kappa shape index (κ2) is 7.17. The highest BCUT2D eigenvalue weighted by molar-refractivity contribution is 9.10. The fourth-order valence-electron chi connectivity index (χ4n) is 2.70. The lowest BCUT2D eigenvalue weighted by Gasteiger charge is -2.34. The predicted molar refractivity (Wildman–Crippen MR) is 98.7 cm³/mol. The average molecular weight is 390 g/mol. The van der Waals surface area contributed by atoms with Gasteiger partial charge in [-0.15, -0.1) is 0 Å². The fourth-order valence-corrected chi connectivity index (χ4v) is 3.29. The van der Waals surface area contributed by atoms with Crippen molar-refractivity contribution in [3.8, 4) is 0 Å². The highest BCUT2D eigenvalue weighted by Gasteiger charge is 2.19. The van der Waals surface area contributed by atoms with Crippen molar-refractivity contribution in [3.05, 3.63) is 40.6 Å². The Morgan fingerprint density at radius 1 is 1.17 bits per heavy atom. The Morgan fingerprint density at radius 2 is 1.92 bits per heavy atom. The number of nitrogens with zero attached hydrogens (tertiary/aromatic N) is 4. The molecule has 1 aromatic carbocycles. The van der Waals surface area contributed by atoms with E-state index in [1.807, 2.05) is 17.0 Å². The number of aromatic nitrogens is 2. The molecule has 0 bridgehead atoms. The van der Waals surface area contributed by atoms with Crippen molar-refractivity contribution in [3.63, 3.8) is 0 Å². The van der Waals surface area contributed by atoms with Crippen LogP contribution in [0.3, 0.4) is 0 Å². The van der Waals surface area contributed by atoms with E-state index < -0.39 is 0 Å². The lowest BCUT2D eigenvalue weighted by molar-refractivity contribution is -0.129. The molecule has 1 aliphatic heterocycles. The quantitative estimate of drug-likeness (QED) is 0.873. The molecule has 0 aliphatic carbocycles. The van der Waals surface area contributed by atoms with Gasteiger partial charge in [0.05, 0.1) is 5.69 Å². The van der Waals surface area contributed by atoms with Gasteiger partial charge in [0.25, 0.3) is 0 Å². The van der Waals surface area contributed by atoms with Crippen molar-refractivity contribution in [1.29, 1.82) is 0 Å². The minimum atomic E-state index is 0.129. The molecule has 1 aliphatic rings. The van der Waals surface area contributed by atoms with E-state index in [0.717, 1.165) is 48.0 Å². The Hall–Kier alpha value is -2.15. The topological polar surface area (TPSA) is 61.4 Å². The van der Waals surface area contributed by atoms with Crippen molar-refractivity contribution >= 4 is 39.2 Å². The van der Waals surface area contributed by atoms with E-state index in [1.165, 1.54) is 5.56 Å². The van der Waals surface area contributed by atoms with Crippen LogP contribution in [0.15, 0.2) is 35.1 Å². The summed E-state index contributed by atoms with van der Waals surface area (Å²) in [4.78, 5) is 24.1. The summed E-state index contributed by atoms with van der Waals surface area (Å²) in [6, 6.07) is 8.07. The number of hydrogen-bond acceptors (Lipinski definition) is 5. The predicted octanol–water partition coefficient (Wildman–Crippen LogP) is 2.96. The van der Waals surface area contributed by atoms with Crippen LogP contribution in [0, 0.1) is 6.92 Å². The highest BCUT2D eigenvalue weighted by Crippen LogP contribution is 2.27. The molecule has 0 unspecified atom stereocenters. The van der Waals surface area contributed by atoms with Crippen LogP contribution in [-0.4, -0.2) is 47.0 Å². The molecule has 1 amide bonds. The van der Waals surface area contributed by atoms with Gasteiger partial charge in [-0.25, -0.2) is 9.97 Å². The summed E-state index contributed by atoms with van der Waals surface area (Å²) >= 11 is 3.57. The van der Waals surface area contributed by atoms with Crippen molar-refractivity contribution < 1.29 is 4.79 Å². The number of rotatable bonds is 3. The number of benzene rings is 1. The van der Waals surface area contributed by atoms with E-state index in [4.69, 9.17) is 0 Å². The maximum Gasteiger partial charge on any atom is 0.219 e. The molecular weight excluding hydrogens is 370 g/mol. The van der Waals surface area contributed by atoms with Crippen LogP contribution >= 0.6 is 15.9 Å². The van der Waals surface area contributed by atoms with Crippen molar-refractivity contribution in [2.24, 2.45) is 0 Å². The van der Waals surface area contributed by atoms with Crippen LogP contribution in [0.2, 0.25) is 0 Å². The molecule has 0 radical (unpaired) electrons. The lowest BCUT2D eigenvalue weighted by atomic mass is 10.2. The minimum absolute atomic E-state index is 0.129. The second-order valence-corrected chi connectivity index (χ2v) is 6.72. The second-order valence-electron chi connectivity index (χ2n) is 5.86. The van der Waals surface area contributed by atoms with Crippen molar-refractivity contribution in [1.82, 2.24) is 14.9 Å². The summed E-state index contributed by atoms with van der Waals surface area (Å²) in [5.41, 5.74) is 2.16. The zero-order valence-corrected chi connectivity index (χ0v) is 15.4. The van der Waals surface area contributed by atoms with Gasteiger partial charge in [0.1, 0.15) is 18.0 Å². The monoisotopic (exact) mass is 389 g/mol. The van der Waals surface area contributed by atoms with Gasteiger partial charge in [0.15, 0.2) is 0 Å². The third kappa shape index (κ3) is 3.84. The number of nitrogens with one attached hydrogen (secondary N) is 1. The number of carbonyl (C=O) groups excluding carboxylic acids is 1. The van der Waals surface area contributed by atoms with Gasteiger partial charge in [-0.2, -0.15) is 0 Å². The standard InChI is InChI=1S/C17H20BrN5O/c1-12-3-4-15(14(18)9-12)21-16-10-17(20-11-19-16)23-7-5-22(6-8-23)13(2)24/h3-4,9-11H,5-8H2,1-2H3,(H,19,20,21). The normalized spacial score (nSPS) is 14.6. The molecule has 2 heterocycles. The first-order valence-corrected chi connectivity index (χ1v) is 8.68. The molecule has 1 fully saturated rings. The van der Waals surface area contributed by atoms with Crippen molar-refractivity contribution in [2.45, 2.75) is 13.8 Å². The number of aryl methyl sites for hydroxylation is 1. The fraction of sp³-hybridized carbons (Fsp3) is 0.353. The molecule has 1 N–H and O–H groups in total. The number of anilines is 3. The molecule has 24 heavy (non-hydrogen) atoms. The Bertz CT molecular complexity index is 744. The average Bonchev–Trinajstić information content (AvgIpc) is 2.58. The van der Waals surface area contributed by atoms with Gasteiger partial charge in [0.2, 0.25) is 5.91 Å². The first-order valence-electron chi connectivity index (χ1n) is 7.88. The number of amides is 1. The summed E-state index contributed by atoms with van der Waals surface area (Å²) in [6.45, 7) is 6.69. The van der Waals surface area contributed by atoms with E-state index >= 15 is 0 Å². The van der Waals surface area contributed by atoms with Crippen LogP contribution in [0.1, 0.15) is 12.5 Å². The Morgan fingerprint density at radius 3 is 2.58 bits per heavy atom. The van der Waals surface area contributed by atoms with Crippen LogP contribution < -0.4 is 10.2 Å². The zero-order chi connectivity index (χ0) is 17.1. The summed E-state index contributed by atoms with van der Waals surface area (Å²) in [5.74, 6) is 1.75. The van der Waals surface area contributed by atoms with E-state index in [0.29, 0.717) is 0 Å². The van der Waals surface area contributed by atoms with Gasteiger partial charge in [-0.05, 0) is 40.5 Å². The Balaban J connectivity index is 1.71. The number of carbonyl (C=O) groups is 1. The molecule has 1 aromatic heterocycles. The molecule has 0 atom stereocenters. The van der Waals surface area contributed by atoms with Crippen LogP contribution in [-0.2, 0) is 4.79 Å². The molecule has 0 saturated carbocycles. The maximum atomic E-state index is 11.4. The zero-order valence-electron chi connectivity index (χ0n) is 13.8. The molecule has 126 valence electrons. The largest absolute Gasteiger partial charge is 0.353 e. The van der Waals surface area contributed by atoms with Crippen LogP contribution in [0.5, 0.6) is 0 Å². The molecule has 6 nitrogen and oxygen atoms in total. The minimum Gasteiger partial charge on any atom is -0.353 e. The first-order chi connectivity index (χ1) is 11.5. The molecule has 2 aromatic rings. The van der Waals surface area contributed by atoms with Crippen LogP contribution in [0.25, 0.3) is 0 Å². The van der Waals surface area contributed by atoms with Gasteiger partial charge in [-0.3, -0.25) is 4.79 Å². The number of piperazine rings is 1. The summed E-state index contributed by atoms with van der Waals surface area (Å²) in [5, 5.41) is 3.32. The highest BCUT2D eigenvalue weighted by atomic mass is 79.9. The van der Waals surface area contributed by atoms with E-state index in [-0.39, 0.29) is 5.91 Å². The van der Waals surface area contributed by atoms with Crippen LogP contribution in [0.4, 0.5) is 17.3 Å². The van der Waals surface area contributed by atoms with Gasteiger partial charge in [-0.1, -0.05) is 6.07 Å². The number of halogens is 1. The summed E-state index contributed by atoms with van der Waals surface area (Å²) in [6.07, 6.45) is 1.57. The summed E-state index contributed by atoms with van der Waals surface area (Å²) < 4.78 is 0.998. The Kier molecular flexibility index (Phi) is 4.99. The van der Waals surface area contributed by atoms with Gasteiger partial charge < -0.3 is 15.1 Å². The van der Waals surface area contributed by atoms with Crippen molar-refractivity contribution in [2.75, 3.05) is 36.4 Å². The maximum absolute atomic E-state index is 11.4. The van der Waals surface area contributed by atoms with Gasteiger partial charge >= 0.3 is 0 Å². The first kappa shape index (κ1) is 16.7. The molecule has 0 spiro atoms. The van der Waals surface area contributed by atoms with E-state index in [2.05, 4.69) is 55.2 Å². The van der Waals surface area contributed by atoms with E-state index in [9.17, 15) is 4.79 Å². The summed E-state index contributed by atoms with van der Waals surface area (Å²) in [7, 11) is 0. The number of hydrogen-bond donors (Lipinski definition) is 1. The smallest absolute Gasteiger partial charge is 0.219 e. The third-order valence-corrected chi connectivity index (χ3v) is 4.75. The molecule has 1 saturated heterocycles. The van der Waals surface area contributed by atoms with Gasteiger partial charge in [0, 0.05) is 43.6 Å². The lowest BCUT2D eigenvalue weighted by Crippen LogP contribution is -2.48. The Labute approximate surface area is 150 Å².